The van der Waals surface area contributed by atoms with Crippen molar-refractivity contribution >= 4 is 27.8 Å². The predicted molar refractivity (Wildman–Crippen MR) is 151 cm³/mol. The Morgan fingerprint density at radius 2 is 1.73 bits per heavy atom. The second-order valence-electron chi connectivity index (χ2n) is 12.2. The number of fused-ring (bicyclic) bond motifs is 2. The van der Waals surface area contributed by atoms with E-state index in [0.29, 0.717) is 52.3 Å². The molecule has 1 aliphatic rings. The van der Waals surface area contributed by atoms with Gasteiger partial charge in [0.1, 0.15) is 5.82 Å². The summed E-state index contributed by atoms with van der Waals surface area (Å²) >= 11 is 0. The van der Waals surface area contributed by atoms with E-state index in [1.807, 2.05) is 42.4 Å². The van der Waals surface area contributed by atoms with E-state index in [4.69, 9.17) is 4.98 Å². The molecule has 9 nitrogen and oxygen atoms in total. The minimum atomic E-state index is -2.71. The molecule has 0 amide bonds. The Balaban J connectivity index is 1.68. The fourth-order valence-electron chi connectivity index (χ4n) is 5.82. The fraction of sp³-hybridized carbons (Fsp3) is 0.414. The average molecular weight is 550 g/mol. The second kappa shape index (κ2) is 8.50. The van der Waals surface area contributed by atoms with E-state index in [9.17, 15) is 18.7 Å². The molecule has 1 N–H and O–H groups in total. The van der Waals surface area contributed by atoms with Crippen molar-refractivity contribution < 1.29 is 13.9 Å². The largest absolute Gasteiger partial charge is 0.386 e. The number of alkyl halides is 2. The van der Waals surface area contributed by atoms with Gasteiger partial charge in [-0.25, -0.2) is 18.6 Å². The lowest BCUT2D eigenvalue weighted by atomic mass is 9.94. The number of aliphatic hydroxyl groups is 1. The molecule has 0 spiro atoms. The van der Waals surface area contributed by atoms with Crippen molar-refractivity contribution in [2.75, 3.05) is 18.0 Å². The quantitative estimate of drug-likeness (QED) is 0.359. The summed E-state index contributed by atoms with van der Waals surface area (Å²) in [5.74, 6) is 0.702. The zero-order chi connectivity index (χ0) is 28.9. The highest BCUT2D eigenvalue weighted by Crippen LogP contribution is 2.40. The minimum absolute atomic E-state index is 0.102. The van der Waals surface area contributed by atoms with Crippen molar-refractivity contribution in [3.05, 3.63) is 58.5 Å². The van der Waals surface area contributed by atoms with E-state index in [1.54, 1.807) is 60.3 Å². The van der Waals surface area contributed by atoms with Gasteiger partial charge in [-0.2, -0.15) is 5.10 Å². The molecule has 2 aromatic carbocycles. The van der Waals surface area contributed by atoms with Crippen molar-refractivity contribution in [1.82, 2.24) is 28.5 Å². The van der Waals surface area contributed by atoms with Gasteiger partial charge in [0.2, 0.25) is 0 Å². The van der Waals surface area contributed by atoms with E-state index in [1.165, 1.54) is 6.07 Å². The number of halogens is 2. The minimum Gasteiger partial charge on any atom is -0.386 e. The third kappa shape index (κ3) is 3.94. The third-order valence-corrected chi connectivity index (χ3v) is 7.73. The number of hydrogen-bond acceptors (Lipinski definition) is 5. The van der Waals surface area contributed by atoms with E-state index in [0.717, 1.165) is 11.2 Å². The molecule has 0 unspecified atom stereocenters. The number of nitrogens with zero attached hydrogens (tertiary/aromatic N) is 7. The first-order valence-corrected chi connectivity index (χ1v) is 13.2. The summed E-state index contributed by atoms with van der Waals surface area (Å²) in [6.07, 6.45) is 0.581. The summed E-state index contributed by atoms with van der Waals surface area (Å²) in [7, 11) is 5.20. The monoisotopic (exact) mass is 549 g/mol. The van der Waals surface area contributed by atoms with Crippen LogP contribution in [0.15, 0.2) is 41.5 Å². The first-order chi connectivity index (χ1) is 18.7. The summed E-state index contributed by atoms with van der Waals surface area (Å²) in [6.45, 7) is 8.70. The molecule has 40 heavy (non-hydrogen) atoms. The molecule has 0 bridgehead atoms. The zero-order valence-electron chi connectivity index (χ0n) is 23.7. The number of β-amino-alcohol motifs (C(OH)–C–C–N with tert-alkyl or cyclic N) is 1. The molecule has 0 radical (unpaired) electrons. The predicted octanol–water partition coefficient (Wildman–Crippen LogP) is 4.42. The van der Waals surface area contributed by atoms with Crippen LogP contribution in [0.3, 0.4) is 0 Å². The maximum atomic E-state index is 14.5. The van der Waals surface area contributed by atoms with Crippen molar-refractivity contribution in [2.45, 2.75) is 45.1 Å². The van der Waals surface area contributed by atoms with Crippen LogP contribution in [-0.4, -0.2) is 52.3 Å². The molecule has 0 aliphatic carbocycles. The Morgan fingerprint density at radius 3 is 2.30 bits per heavy atom. The van der Waals surface area contributed by atoms with Crippen LogP contribution in [0, 0.1) is 0 Å². The zero-order valence-corrected chi connectivity index (χ0v) is 23.7. The molecule has 1 saturated heterocycles. The highest BCUT2D eigenvalue weighted by molar-refractivity contribution is 5.94. The smallest absolute Gasteiger partial charge is 0.328 e. The third-order valence-electron chi connectivity index (χ3n) is 7.73. The van der Waals surface area contributed by atoms with Crippen LogP contribution in [-0.2, 0) is 26.6 Å². The first-order valence-electron chi connectivity index (χ1n) is 13.2. The standard InChI is InChI=1S/C29H33F2N7O2/c1-28(2,3)26-33-20-10-18(16-12-32-34(5)13-16)19(25(30)31)11-21(20)38(26)17-8-22-24(36(7)27(39)35(22)6)23(9-17)37-14-29(4,40)15-37/h8-13,25,40H,14-15H2,1-7H3. The molecular weight excluding hydrogens is 516 g/mol. The summed E-state index contributed by atoms with van der Waals surface area (Å²) < 4.78 is 35.7. The van der Waals surface area contributed by atoms with Gasteiger partial charge in [-0.3, -0.25) is 18.4 Å². The van der Waals surface area contributed by atoms with E-state index in [2.05, 4.69) is 5.10 Å². The van der Waals surface area contributed by atoms with Gasteiger partial charge >= 0.3 is 5.69 Å². The Labute approximate surface area is 229 Å². The summed E-state index contributed by atoms with van der Waals surface area (Å²) in [5, 5.41) is 14.7. The molecular formula is C29H33F2N7O2. The van der Waals surface area contributed by atoms with Crippen LogP contribution >= 0.6 is 0 Å². The number of anilines is 1. The molecule has 4 heterocycles. The van der Waals surface area contributed by atoms with Gasteiger partial charge < -0.3 is 10.0 Å². The number of benzene rings is 2. The average Bonchev–Trinajstić information content (AvgIpc) is 3.52. The van der Waals surface area contributed by atoms with Crippen molar-refractivity contribution in [2.24, 2.45) is 21.1 Å². The van der Waals surface area contributed by atoms with Gasteiger partial charge in [-0.1, -0.05) is 20.8 Å². The van der Waals surface area contributed by atoms with E-state index in [-0.39, 0.29) is 11.3 Å². The maximum Gasteiger partial charge on any atom is 0.328 e. The lowest BCUT2D eigenvalue weighted by Crippen LogP contribution is -2.60. The topological polar surface area (TPSA) is 86.0 Å². The molecule has 5 aromatic rings. The van der Waals surface area contributed by atoms with Crippen molar-refractivity contribution in [3.8, 4) is 16.8 Å². The van der Waals surface area contributed by atoms with Crippen LogP contribution in [0.1, 0.15) is 45.5 Å². The highest BCUT2D eigenvalue weighted by atomic mass is 19.3. The van der Waals surface area contributed by atoms with Crippen LogP contribution < -0.4 is 10.6 Å². The Morgan fingerprint density at radius 1 is 1.02 bits per heavy atom. The van der Waals surface area contributed by atoms with Crippen molar-refractivity contribution in [3.63, 3.8) is 0 Å². The maximum absolute atomic E-state index is 14.5. The fourth-order valence-corrected chi connectivity index (χ4v) is 5.82. The number of imidazole rings is 2. The molecule has 0 saturated carbocycles. The lowest BCUT2D eigenvalue weighted by molar-refractivity contribution is 0.0312. The van der Waals surface area contributed by atoms with Gasteiger partial charge in [-0.15, -0.1) is 0 Å². The van der Waals surface area contributed by atoms with Gasteiger partial charge in [0, 0.05) is 57.0 Å². The van der Waals surface area contributed by atoms with Crippen LogP contribution in [0.2, 0.25) is 0 Å². The first kappa shape index (κ1) is 26.2. The van der Waals surface area contributed by atoms with E-state index < -0.39 is 17.4 Å². The van der Waals surface area contributed by atoms with Gasteiger partial charge in [0.15, 0.2) is 0 Å². The van der Waals surface area contributed by atoms with Crippen LogP contribution in [0.5, 0.6) is 0 Å². The lowest BCUT2D eigenvalue weighted by Gasteiger charge is -2.46. The Bertz CT molecular complexity index is 1860. The molecule has 1 fully saturated rings. The van der Waals surface area contributed by atoms with Gasteiger partial charge in [-0.05, 0) is 36.8 Å². The SMILES string of the molecule is Cn1cc(-c2cc3nc(C(C)(C)C)n(-c4cc(N5CC(C)(O)C5)c5c(c4)n(C)c(=O)n5C)c3cc2C(F)F)cn1. The molecule has 11 heteroatoms. The number of hydrogen-bond donors (Lipinski definition) is 1. The number of aromatic nitrogens is 6. The normalized spacial score (nSPS) is 15.5. The summed E-state index contributed by atoms with van der Waals surface area (Å²) in [5.41, 5.74) is 3.54. The highest BCUT2D eigenvalue weighted by Gasteiger charge is 2.38. The second-order valence-corrected chi connectivity index (χ2v) is 12.2. The van der Waals surface area contributed by atoms with Gasteiger partial charge in [0.05, 0.1) is 45.2 Å². The van der Waals surface area contributed by atoms with Crippen molar-refractivity contribution in [1.29, 1.82) is 0 Å². The molecule has 0 atom stereocenters. The summed E-state index contributed by atoms with van der Waals surface area (Å²) in [4.78, 5) is 20.0. The molecule has 1 aliphatic heterocycles. The molecule has 210 valence electrons. The number of aryl methyl sites for hydroxylation is 3. The van der Waals surface area contributed by atoms with Gasteiger partial charge in [0.25, 0.3) is 6.43 Å². The summed E-state index contributed by atoms with van der Waals surface area (Å²) in [6, 6.07) is 7.10. The van der Waals surface area contributed by atoms with Crippen LogP contribution in [0.25, 0.3) is 38.9 Å². The van der Waals surface area contributed by atoms with E-state index >= 15 is 0 Å². The Hall–Kier alpha value is -3.99. The number of rotatable bonds is 4. The molecule has 6 rings (SSSR count). The molecule has 3 aromatic heterocycles. The van der Waals surface area contributed by atoms with Crippen LogP contribution in [0.4, 0.5) is 14.5 Å². The Kier molecular flexibility index (Phi) is 5.58.